The Morgan fingerprint density at radius 3 is 2.58 bits per heavy atom. The van der Waals surface area contributed by atoms with E-state index in [9.17, 15) is 9.18 Å². The van der Waals surface area contributed by atoms with Gasteiger partial charge in [0.25, 0.3) is 5.91 Å². The Morgan fingerprint density at radius 2 is 2.05 bits per heavy atom. The summed E-state index contributed by atoms with van der Waals surface area (Å²) in [6.07, 6.45) is 1.03. The molecule has 1 amide bonds. The monoisotopic (exact) mass is 288 g/mol. The van der Waals surface area contributed by atoms with Gasteiger partial charge in [0.2, 0.25) is 0 Å². The molecule has 0 unspecified atom stereocenters. The van der Waals surface area contributed by atoms with Crippen molar-refractivity contribution in [3.8, 4) is 0 Å². The van der Waals surface area contributed by atoms with E-state index in [1.54, 1.807) is 19.2 Å². The van der Waals surface area contributed by atoms with Crippen LogP contribution in [0.15, 0.2) is 24.3 Å². The van der Waals surface area contributed by atoms with Gasteiger partial charge in [-0.25, -0.2) is 4.39 Å². The largest absolute Gasteiger partial charge is 0.364 e. The zero-order valence-electron chi connectivity index (χ0n) is 10.7. The number of rotatable bonds is 3. The van der Waals surface area contributed by atoms with Gasteiger partial charge in [-0.3, -0.25) is 4.79 Å². The highest BCUT2D eigenvalue weighted by Crippen LogP contribution is 2.23. The smallest absolute Gasteiger partial charge is 0.255 e. The minimum absolute atomic E-state index is 0. The normalized spacial score (nSPS) is 21.8. The van der Waals surface area contributed by atoms with Crippen LogP contribution in [-0.4, -0.2) is 31.7 Å². The van der Waals surface area contributed by atoms with Crippen molar-refractivity contribution in [2.24, 2.45) is 5.73 Å². The van der Waals surface area contributed by atoms with Crippen molar-refractivity contribution in [3.63, 3.8) is 0 Å². The molecule has 1 aromatic carbocycles. The third kappa shape index (κ3) is 3.65. The molecule has 6 heteroatoms. The highest BCUT2D eigenvalue weighted by Gasteiger charge is 2.32. The SMILES string of the molecule is CN(C(=O)[C@@H]1CC[C@H](CN)O1)c1ccc(F)cc1.Cl. The van der Waals surface area contributed by atoms with Gasteiger partial charge in [-0.05, 0) is 37.1 Å². The number of carbonyl (C=O) groups excluding carboxylic acids is 1. The molecule has 106 valence electrons. The molecule has 1 aliphatic rings. The number of halogens is 2. The molecule has 1 aliphatic heterocycles. The van der Waals surface area contributed by atoms with Crippen LogP contribution in [0.3, 0.4) is 0 Å². The van der Waals surface area contributed by atoms with E-state index in [1.165, 1.54) is 17.0 Å². The second-order valence-electron chi connectivity index (χ2n) is 4.43. The lowest BCUT2D eigenvalue weighted by atomic mass is 10.1. The summed E-state index contributed by atoms with van der Waals surface area (Å²) in [6.45, 7) is 0.435. The van der Waals surface area contributed by atoms with E-state index in [2.05, 4.69) is 0 Å². The minimum Gasteiger partial charge on any atom is -0.364 e. The first kappa shape index (κ1) is 15.9. The molecule has 2 rings (SSSR count). The molecular formula is C13H18ClFN2O2. The maximum Gasteiger partial charge on any atom is 0.255 e. The van der Waals surface area contributed by atoms with E-state index in [4.69, 9.17) is 10.5 Å². The predicted molar refractivity (Wildman–Crippen MR) is 74.0 cm³/mol. The Bertz CT molecular complexity index is 427. The van der Waals surface area contributed by atoms with Crippen molar-refractivity contribution in [1.29, 1.82) is 0 Å². The fourth-order valence-electron chi connectivity index (χ4n) is 2.07. The summed E-state index contributed by atoms with van der Waals surface area (Å²) in [5.41, 5.74) is 6.16. The summed E-state index contributed by atoms with van der Waals surface area (Å²) >= 11 is 0. The lowest BCUT2D eigenvalue weighted by molar-refractivity contribution is -0.128. The summed E-state index contributed by atoms with van der Waals surface area (Å²) in [5.74, 6) is -0.433. The van der Waals surface area contributed by atoms with E-state index >= 15 is 0 Å². The molecule has 0 aromatic heterocycles. The number of anilines is 1. The molecule has 2 atom stereocenters. The van der Waals surface area contributed by atoms with Gasteiger partial charge in [-0.1, -0.05) is 0 Å². The lowest BCUT2D eigenvalue weighted by Crippen LogP contribution is -2.37. The number of hydrogen-bond acceptors (Lipinski definition) is 3. The Kier molecular flexibility index (Phi) is 5.72. The Balaban J connectivity index is 0.00000180. The molecule has 1 heterocycles. The minimum atomic E-state index is -0.436. The summed E-state index contributed by atoms with van der Waals surface area (Å²) in [7, 11) is 1.66. The highest BCUT2D eigenvalue weighted by atomic mass is 35.5. The number of amides is 1. The van der Waals surface area contributed by atoms with Crippen molar-refractivity contribution in [2.45, 2.75) is 25.0 Å². The second kappa shape index (κ2) is 6.84. The average molecular weight is 289 g/mol. The van der Waals surface area contributed by atoms with Crippen LogP contribution in [0.5, 0.6) is 0 Å². The number of nitrogens with zero attached hydrogens (tertiary/aromatic N) is 1. The van der Waals surface area contributed by atoms with Gasteiger partial charge in [-0.15, -0.1) is 12.4 Å². The van der Waals surface area contributed by atoms with E-state index in [1.807, 2.05) is 0 Å². The van der Waals surface area contributed by atoms with Gasteiger partial charge < -0.3 is 15.4 Å². The molecule has 2 N–H and O–H groups in total. The number of benzene rings is 1. The van der Waals surface area contributed by atoms with Crippen molar-refractivity contribution < 1.29 is 13.9 Å². The molecule has 0 saturated carbocycles. The maximum absolute atomic E-state index is 12.8. The van der Waals surface area contributed by atoms with E-state index in [0.717, 1.165) is 6.42 Å². The van der Waals surface area contributed by atoms with Crippen molar-refractivity contribution >= 4 is 24.0 Å². The Labute approximate surface area is 118 Å². The summed E-state index contributed by atoms with van der Waals surface area (Å²) in [4.78, 5) is 13.6. The first-order chi connectivity index (χ1) is 8.61. The molecule has 0 aliphatic carbocycles. The third-order valence-electron chi connectivity index (χ3n) is 3.19. The molecule has 0 spiro atoms. The molecular weight excluding hydrogens is 271 g/mol. The van der Waals surface area contributed by atoms with E-state index in [0.29, 0.717) is 18.7 Å². The van der Waals surface area contributed by atoms with Crippen LogP contribution in [0.25, 0.3) is 0 Å². The van der Waals surface area contributed by atoms with Crippen LogP contribution in [-0.2, 0) is 9.53 Å². The number of hydrogen-bond donors (Lipinski definition) is 1. The fourth-order valence-corrected chi connectivity index (χ4v) is 2.07. The van der Waals surface area contributed by atoms with Crippen LogP contribution in [0, 0.1) is 5.82 Å². The number of ether oxygens (including phenoxy) is 1. The second-order valence-corrected chi connectivity index (χ2v) is 4.43. The van der Waals surface area contributed by atoms with Gasteiger partial charge in [0, 0.05) is 19.3 Å². The van der Waals surface area contributed by atoms with Crippen molar-refractivity contribution in [1.82, 2.24) is 0 Å². The average Bonchev–Trinajstić information content (AvgIpc) is 2.86. The standard InChI is InChI=1S/C13H17FN2O2.ClH/c1-16(10-4-2-9(14)3-5-10)13(17)12-7-6-11(8-15)18-12;/h2-5,11-12H,6-8,15H2,1H3;1H/t11-,12+;/m1./s1. The summed E-state index contributed by atoms with van der Waals surface area (Å²) < 4.78 is 18.4. The zero-order valence-corrected chi connectivity index (χ0v) is 11.5. The molecule has 0 radical (unpaired) electrons. The van der Waals surface area contributed by atoms with Crippen molar-refractivity contribution in [2.75, 3.05) is 18.5 Å². The number of carbonyl (C=O) groups is 1. The lowest BCUT2D eigenvalue weighted by Gasteiger charge is -2.21. The Hall–Kier alpha value is -1.17. The molecule has 1 aromatic rings. The highest BCUT2D eigenvalue weighted by molar-refractivity contribution is 5.96. The van der Waals surface area contributed by atoms with Crippen molar-refractivity contribution in [3.05, 3.63) is 30.1 Å². The van der Waals surface area contributed by atoms with Gasteiger partial charge in [-0.2, -0.15) is 0 Å². The van der Waals surface area contributed by atoms with E-state index in [-0.39, 0.29) is 30.2 Å². The van der Waals surface area contributed by atoms with E-state index < -0.39 is 6.10 Å². The molecule has 4 nitrogen and oxygen atoms in total. The number of likely N-dealkylation sites (N-methyl/N-ethyl adjacent to an activating group) is 1. The number of nitrogens with two attached hydrogens (primary N) is 1. The molecule has 1 fully saturated rings. The van der Waals surface area contributed by atoms with Crippen LogP contribution in [0.2, 0.25) is 0 Å². The van der Waals surface area contributed by atoms with Gasteiger partial charge in [0.15, 0.2) is 0 Å². The molecule has 0 bridgehead atoms. The summed E-state index contributed by atoms with van der Waals surface area (Å²) in [5, 5.41) is 0. The maximum atomic E-state index is 12.8. The van der Waals surface area contributed by atoms with Crippen LogP contribution >= 0.6 is 12.4 Å². The first-order valence-corrected chi connectivity index (χ1v) is 6.00. The predicted octanol–water partition coefficient (Wildman–Crippen LogP) is 1.72. The van der Waals surface area contributed by atoms with Gasteiger partial charge in [0.05, 0.1) is 6.10 Å². The van der Waals surface area contributed by atoms with Gasteiger partial charge in [0.1, 0.15) is 11.9 Å². The molecule has 1 saturated heterocycles. The van der Waals surface area contributed by atoms with Crippen LogP contribution in [0.4, 0.5) is 10.1 Å². The topological polar surface area (TPSA) is 55.6 Å². The first-order valence-electron chi connectivity index (χ1n) is 6.00. The molecule has 19 heavy (non-hydrogen) atoms. The fraction of sp³-hybridized carbons (Fsp3) is 0.462. The van der Waals surface area contributed by atoms with Crippen LogP contribution in [0.1, 0.15) is 12.8 Å². The third-order valence-corrected chi connectivity index (χ3v) is 3.19. The Morgan fingerprint density at radius 1 is 1.42 bits per heavy atom. The quantitative estimate of drug-likeness (QED) is 0.921. The zero-order chi connectivity index (χ0) is 13.1. The van der Waals surface area contributed by atoms with Gasteiger partial charge >= 0.3 is 0 Å². The summed E-state index contributed by atoms with van der Waals surface area (Å²) in [6, 6.07) is 5.81. The van der Waals surface area contributed by atoms with Crippen LogP contribution < -0.4 is 10.6 Å².